The molecular weight excluding hydrogens is 504 g/mol. The molecule has 196 valence electrons. The van der Waals surface area contributed by atoms with Gasteiger partial charge in [-0.15, -0.1) is 0 Å². The van der Waals surface area contributed by atoms with E-state index in [4.69, 9.17) is 19.3 Å². The molecule has 1 N–H and O–H groups in total. The van der Waals surface area contributed by atoms with Crippen LogP contribution in [-0.4, -0.2) is 53.9 Å². The molecule has 9 heteroatoms. The van der Waals surface area contributed by atoms with Crippen LogP contribution in [0.3, 0.4) is 0 Å². The molecule has 0 unspecified atom stereocenters. The SMILES string of the molecule is CCOCCN1C(=O)/C(=C/c2ccc(OCc3ccc(C(=O)O)cc3)c(OC)c2)SC1=Nc1ccccc1. The van der Waals surface area contributed by atoms with Crippen molar-refractivity contribution in [3.63, 3.8) is 0 Å². The maximum absolute atomic E-state index is 13.3. The van der Waals surface area contributed by atoms with Gasteiger partial charge in [-0.3, -0.25) is 9.69 Å². The quantitative estimate of drug-likeness (QED) is 0.253. The number of benzene rings is 3. The molecule has 1 aliphatic rings. The normalized spacial score (nSPS) is 15.3. The highest BCUT2D eigenvalue weighted by atomic mass is 32.2. The van der Waals surface area contributed by atoms with Crippen molar-refractivity contribution >= 4 is 40.6 Å². The van der Waals surface area contributed by atoms with Crippen LogP contribution in [-0.2, 0) is 16.1 Å². The van der Waals surface area contributed by atoms with E-state index in [1.807, 2.05) is 49.4 Å². The number of thioether (sulfide) groups is 1. The highest BCUT2D eigenvalue weighted by Crippen LogP contribution is 2.36. The minimum absolute atomic E-state index is 0.131. The van der Waals surface area contributed by atoms with Crippen LogP contribution < -0.4 is 9.47 Å². The van der Waals surface area contributed by atoms with E-state index in [9.17, 15) is 9.59 Å². The Kier molecular flexibility index (Phi) is 9.18. The van der Waals surface area contributed by atoms with Gasteiger partial charge in [0, 0.05) is 6.61 Å². The fourth-order valence-corrected chi connectivity index (χ4v) is 4.68. The Morgan fingerprint density at radius 2 is 1.82 bits per heavy atom. The molecule has 1 saturated heterocycles. The maximum atomic E-state index is 13.3. The molecule has 0 saturated carbocycles. The molecule has 0 aliphatic carbocycles. The van der Waals surface area contributed by atoms with Gasteiger partial charge in [0.15, 0.2) is 16.7 Å². The average molecular weight is 533 g/mol. The maximum Gasteiger partial charge on any atom is 0.335 e. The topological polar surface area (TPSA) is 97.7 Å². The Morgan fingerprint density at radius 1 is 1.05 bits per heavy atom. The Morgan fingerprint density at radius 3 is 2.50 bits per heavy atom. The van der Waals surface area contributed by atoms with Crippen molar-refractivity contribution in [3.05, 3.63) is 94.4 Å². The molecule has 0 aromatic heterocycles. The number of methoxy groups -OCH3 is 1. The molecule has 0 spiro atoms. The number of ether oxygens (including phenoxy) is 3. The molecule has 0 atom stereocenters. The minimum Gasteiger partial charge on any atom is -0.493 e. The van der Waals surface area contributed by atoms with E-state index >= 15 is 0 Å². The van der Waals surface area contributed by atoms with Gasteiger partial charge in [-0.05, 0) is 72.3 Å². The first-order valence-electron chi connectivity index (χ1n) is 12.0. The zero-order valence-corrected chi connectivity index (χ0v) is 21.9. The monoisotopic (exact) mass is 532 g/mol. The molecule has 1 aliphatic heterocycles. The largest absolute Gasteiger partial charge is 0.493 e. The molecule has 3 aromatic carbocycles. The van der Waals surface area contributed by atoms with Crippen molar-refractivity contribution in [2.45, 2.75) is 13.5 Å². The van der Waals surface area contributed by atoms with Crippen molar-refractivity contribution < 1.29 is 28.9 Å². The lowest BCUT2D eigenvalue weighted by Gasteiger charge is -2.15. The summed E-state index contributed by atoms with van der Waals surface area (Å²) in [5.41, 5.74) is 2.60. The zero-order chi connectivity index (χ0) is 26.9. The van der Waals surface area contributed by atoms with Crippen LogP contribution in [0.25, 0.3) is 6.08 Å². The van der Waals surface area contributed by atoms with Crippen LogP contribution in [0, 0.1) is 0 Å². The first-order valence-corrected chi connectivity index (χ1v) is 12.9. The summed E-state index contributed by atoms with van der Waals surface area (Å²) in [6.45, 7) is 3.57. The summed E-state index contributed by atoms with van der Waals surface area (Å²) in [5.74, 6) is -0.0533. The molecule has 38 heavy (non-hydrogen) atoms. The van der Waals surface area contributed by atoms with Crippen molar-refractivity contribution in [2.24, 2.45) is 4.99 Å². The summed E-state index contributed by atoms with van der Waals surface area (Å²) in [7, 11) is 1.55. The lowest BCUT2D eigenvalue weighted by Crippen LogP contribution is -2.32. The number of carbonyl (C=O) groups excluding carboxylic acids is 1. The first kappa shape index (κ1) is 27.0. The van der Waals surface area contributed by atoms with Gasteiger partial charge in [0.2, 0.25) is 0 Å². The summed E-state index contributed by atoms with van der Waals surface area (Å²) in [6.07, 6.45) is 1.81. The van der Waals surface area contributed by atoms with Crippen LogP contribution in [0.15, 0.2) is 82.7 Å². The van der Waals surface area contributed by atoms with Crippen molar-refractivity contribution in [1.29, 1.82) is 0 Å². The number of amides is 1. The third kappa shape index (κ3) is 6.81. The van der Waals surface area contributed by atoms with E-state index in [-0.39, 0.29) is 18.1 Å². The molecule has 1 heterocycles. The molecular formula is C29H28N2O6S. The number of aliphatic imine (C=N–C) groups is 1. The summed E-state index contributed by atoms with van der Waals surface area (Å²) < 4.78 is 16.9. The van der Waals surface area contributed by atoms with Gasteiger partial charge in [0.25, 0.3) is 5.91 Å². The van der Waals surface area contributed by atoms with Gasteiger partial charge in [-0.25, -0.2) is 9.79 Å². The van der Waals surface area contributed by atoms with Crippen LogP contribution in [0.5, 0.6) is 11.5 Å². The zero-order valence-electron chi connectivity index (χ0n) is 21.1. The second kappa shape index (κ2) is 12.9. The fraction of sp³-hybridized carbons (Fsp3) is 0.207. The standard InChI is InChI=1S/C29H28N2O6S/c1-3-36-16-15-31-27(32)26(38-29(31)30-23-7-5-4-6-8-23)18-21-11-14-24(25(17-21)35-2)37-19-20-9-12-22(13-10-20)28(33)34/h4-14,17-18H,3,15-16,19H2,1-2H3,(H,33,34)/b26-18-,30-29?. The van der Waals surface area contributed by atoms with Gasteiger partial charge in [0.1, 0.15) is 6.61 Å². The molecule has 0 radical (unpaired) electrons. The average Bonchev–Trinajstić information content (AvgIpc) is 3.22. The van der Waals surface area contributed by atoms with Gasteiger partial charge >= 0.3 is 5.97 Å². The van der Waals surface area contributed by atoms with Crippen molar-refractivity contribution in [1.82, 2.24) is 4.90 Å². The summed E-state index contributed by atoms with van der Waals surface area (Å²) in [6, 6.07) is 21.5. The molecule has 4 rings (SSSR count). The lowest BCUT2D eigenvalue weighted by atomic mass is 10.1. The van der Waals surface area contributed by atoms with Gasteiger partial charge in [-0.2, -0.15) is 0 Å². The third-order valence-corrected chi connectivity index (χ3v) is 6.62. The number of carboxylic acid groups (broad SMARTS) is 1. The van der Waals surface area contributed by atoms with E-state index in [0.29, 0.717) is 41.3 Å². The van der Waals surface area contributed by atoms with E-state index in [1.54, 1.807) is 36.3 Å². The summed E-state index contributed by atoms with van der Waals surface area (Å²) >= 11 is 1.32. The summed E-state index contributed by atoms with van der Waals surface area (Å²) in [5, 5.41) is 9.65. The molecule has 1 amide bonds. The smallest absolute Gasteiger partial charge is 0.335 e. The predicted octanol–water partition coefficient (Wildman–Crippen LogP) is 5.61. The van der Waals surface area contributed by atoms with Gasteiger partial charge in [-0.1, -0.05) is 36.4 Å². The van der Waals surface area contributed by atoms with Crippen LogP contribution >= 0.6 is 11.8 Å². The summed E-state index contributed by atoms with van der Waals surface area (Å²) in [4.78, 5) is 31.2. The fourth-order valence-electron chi connectivity index (χ4n) is 3.65. The highest BCUT2D eigenvalue weighted by molar-refractivity contribution is 8.18. The highest BCUT2D eigenvalue weighted by Gasteiger charge is 2.33. The number of rotatable bonds is 11. The third-order valence-electron chi connectivity index (χ3n) is 5.61. The minimum atomic E-state index is -0.973. The first-order chi connectivity index (χ1) is 18.5. The molecule has 0 bridgehead atoms. The number of nitrogens with zero attached hydrogens (tertiary/aromatic N) is 2. The number of amidine groups is 1. The molecule has 8 nitrogen and oxygen atoms in total. The number of carboxylic acids is 1. The van der Waals surface area contributed by atoms with E-state index in [1.165, 1.54) is 23.9 Å². The van der Waals surface area contributed by atoms with Gasteiger partial charge in [0.05, 0.1) is 36.4 Å². The predicted molar refractivity (Wildman–Crippen MR) is 148 cm³/mol. The second-order valence-electron chi connectivity index (χ2n) is 8.20. The Bertz CT molecular complexity index is 1340. The van der Waals surface area contributed by atoms with Crippen LogP contribution in [0.1, 0.15) is 28.4 Å². The van der Waals surface area contributed by atoms with E-state index in [0.717, 1.165) is 16.8 Å². The molecule has 1 fully saturated rings. The van der Waals surface area contributed by atoms with Crippen molar-refractivity contribution in [3.8, 4) is 11.5 Å². The second-order valence-corrected chi connectivity index (χ2v) is 9.20. The van der Waals surface area contributed by atoms with E-state index in [2.05, 4.69) is 4.99 Å². The van der Waals surface area contributed by atoms with E-state index < -0.39 is 5.97 Å². The Labute approximate surface area is 225 Å². The van der Waals surface area contributed by atoms with Crippen LogP contribution in [0.2, 0.25) is 0 Å². The number of hydrogen-bond donors (Lipinski definition) is 1. The lowest BCUT2D eigenvalue weighted by molar-refractivity contribution is -0.122. The van der Waals surface area contributed by atoms with Crippen LogP contribution in [0.4, 0.5) is 5.69 Å². The van der Waals surface area contributed by atoms with Crippen molar-refractivity contribution in [2.75, 3.05) is 26.9 Å². The molecule has 3 aromatic rings. The van der Waals surface area contributed by atoms with Gasteiger partial charge < -0.3 is 19.3 Å². The number of aromatic carboxylic acids is 1. The number of carbonyl (C=O) groups is 2. The Balaban J connectivity index is 1.52. The Hall–Kier alpha value is -4.08. The number of hydrogen-bond acceptors (Lipinski definition) is 7. The number of para-hydroxylation sites is 1.